The fraction of sp³-hybridized carbons (Fsp3) is 0.333. The number of halogens is 1. The number of rotatable bonds is 5. The number of hydrogen-bond acceptors (Lipinski definition) is 2. The van der Waals surface area contributed by atoms with Gasteiger partial charge in [0.25, 0.3) is 0 Å². The van der Waals surface area contributed by atoms with E-state index in [0.29, 0.717) is 17.1 Å². The number of carbonyl (C=O) groups is 2. The summed E-state index contributed by atoms with van der Waals surface area (Å²) in [7, 11) is 0. The van der Waals surface area contributed by atoms with Gasteiger partial charge in [-0.05, 0) is 18.6 Å². The Hall–Kier alpha value is -1.55. The summed E-state index contributed by atoms with van der Waals surface area (Å²) in [4.78, 5) is 22.6. The van der Waals surface area contributed by atoms with Gasteiger partial charge >= 0.3 is 5.97 Å². The molecule has 1 unspecified atom stereocenters. The van der Waals surface area contributed by atoms with Gasteiger partial charge in [0.1, 0.15) is 0 Å². The summed E-state index contributed by atoms with van der Waals surface area (Å²) >= 11 is 5.93. The van der Waals surface area contributed by atoms with Crippen molar-refractivity contribution in [2.75, 3.05) is 6.54 Å². The van der Waals surface area contributed by atoms with Gasteiger partial charge in [-0.3, -0.25) is 9.59 Å². The van der Waals surface area contributed by atoms with Gasteiger partial charge in [-0.25, -0.2) is 0 Å². The number of carboxylic acid groups (broad SMARTS) is 1. The first kappa shape index (κ1) is 13.5. The highest BCUT2D eigenvalue weighted by Crippen LogP contribution is 2.27. The van der Waals surface area contributed by atoms with E-state index in [9.17, 15) is 9.59 Å². The summed E-state index contributed by atoms with van der Waals surface area (Å²) in [6, 6.07) is 6.66. The third-order valence-corrected chi connectivity index (χ3v) is 2.69. The van der Waals surface area contributed by atoms with Crippen LogP contribution in [0.4, 0.5) is 0 Å². The average molecular weight is 256 g/mol. The van der Waals surface area contributed by atoms with Crippen LogP contribution >= 0.6 is 11.6 Å². The van der Waals surface area contributed by atoms with Gasteiger partial charge < -0.3 is 10.4 Å². The van der Waals surface area contributed by atoms with Gasteiger partial charge in [-0.1, -0.05) is 29.8 Å². The molecule has 0 spiro atoms. The Balaban J connectivity index is 2.91. The Morgan fingerprint density at radius 1 is 1.41 bits per heavy atom. The molecule has 0 aromatic heterocycles. The number of amides is 1. The van der Waals surface area contributed by atoms with Crippen molar-refractivity contribution in [1.29, 1.82) is 0 Å². The Morgan fingerprint density at radius 2 is 2.06 bits per heavy atom. The summed E-state index contributed by atoms with van der Waals surface area (Å²) < 4.78 is 0. The van der Waals surface area contributed by atoms with Crippen molar-refractivity contribution >= 4 is 23.5 Å². The number of carboxylic acids is 1. The number of benzene rings is 1. The summed E-state index contributed by atoms with van der Waals surface area (Å²) in [6.07, 6.45) is -0.104. The zero-order chi connectivity index (χ0) is 12.8. The summed E-state index contributed by atoms with van der Waals surface area (Å²) in [5, 5.41) is 12.1. The summed E-state index contributed by atoms with van der Waals surface area (Å²) in [6.45, 7) is 2.26. The molecule has 0 fully saturated rings. The van der Waals surface area contributed by atoms with Gasteiger partial charge in [0.2, 0.25) is 5.91 Å². The Bertz CT molecular complexity index is 420. The fourth-order valence-electron chi connectivity index (χ4n) is 1.54. The van der Waals surface area contributed by atoms with Crippen molar-refractivity contribution in [3.63, 3.8) is 0 Å². The minimum absolute atomic E-state index is 0.104. The molecule has 4 nitrogen and oxygen atoms in total. The van der Waals surface area contributed by atoms with Crippen molar-refractivity contribution in [2.24, 2.45) is 0 Å². The highest BCUT2D eigenvalue weighted by molar-refractivity contribution is 6.31. The highest BCUT2D eigenvalue weighted by atomic mass is 35.5. The van der Waals surface area contributed by atoms with Crippen LogP contribution in [0, 0.1) is 0 Å². The standard InChI is InChI=1S/C12H14ClNO3/c1-2-14-11(15)7-9(12(16)17)8-5-3-4-6-10(8)13/h3-6,9H,2,7H2,1H3,(H,14,15)(H,16,17). The van der Waals surface area contributed by atoms with Crippen LogP contribution in [0.1, 0.15) is 24.8 Å². The molecule has 1 aromatic rings. The van der Waals surface area contributed by atoms with Crippen LogP contribution in [-0.2, 0) is 9.59 Å². The minimum atomic E-state index is -1.05. The lowest BCUT2D eigenvalue weighted by Gasteiger charge is -2.13. The van der Waals surface area contributed by atoms with E-state index >= 15 is 0 Å². The van der Waals surface area contributed by atoms with Crippen LogP contribution in [0.5, 0.6) is 0 Å². The predicted molar refractivity (Wildman–Crippen MR) is 65.1 cm³/mol. The van der Waals surface area contributed by atoms with E-state index in [0.717, 1.165) is 0 Å². The van der Waals surface area contributed by atoms with Crippen LogP contribution in [-0.4, -0.2) is 23.5 Å². The lowest BCUT2D eigenvalue weighted by molar-refractivity contribution is -0.140. The predicted octanol–water partition coefficient (Wildman–Crippen LogP) is 2.03. The Morgan fingerprint density at radius 3 is 2.59 bits per heavy atom. The van der Waals surface area contributed by atoms with Gasteiger partial charge in [-0.2, -0.15) is 0 Å². The molecular weight excluding hydrogens is 242 g/mol. The van der Waals surface area contributed by atoms with E-state index in [-0.39, 0.29) is 12.3 Å². The van der Waals surface area contributed by atoms with Crippen molar-refractivity contribution in [3.8, 4) is 0 Å². The smallest absolute Gasteiger partial charge is 0.311 e. The van der Waals surface area contributed by atoms with Crippen molar-refractivity contribution in [1.82, 2.24) is 5.32 Å². The molecular formula is C12H14ClNO3. The molecule has 0 saturated heterocycles. The second kappa shape index (κ2) is 6.25. The Labute approximate surface area is 105 Å². The number of nitrogens with one attached hydrogen (secondary N) is 1. The molecule has 17 heavy (non-hydrogen) atoms. The number of hydrogen-bond donors (Lipinski definition) is 2. The molecule has 0 aliphatic carbocycles. The molecule has 0 saturated carbocycles. The third kappa shape index (κ3) is 3.75. The minimum Gasteiger partial charge on any atom is -0.481 e. The largest absolute Gasteiger partial charge is 0.481 e. The molecule has 0 aliphatic rings. The first-order valence-electron chi connectivity index (χ1n) is 5.30. The van der Waals surface area contributed by atoms with E-state index in [1.165, 1.54) is 0 Å². The van der Waals surface area contributed by atoms with E-state index in [1.54, 1.807) is 31.2 Å². The van der Waals surface area contributed by atoms with Crippen molar-refractivity contribution in [2.45, 2.75) is 19.3 Å². The molecule has 92 valence electrons. The van der Waals surface area contributed by atoms with E-state index < -0.39 is 11.9 Å². The third-order valence-electron chi connectivity index (χ3n) is 2.34. The maximum atomic E-state index is 11.4. The topological polar surface area (TPSA) is 66.4 Å². The molecule has 0 aliphatic heterocycles. The van der Waals surface area contributed by atoms with E-state index in [1.807, 2.05) is 0 Å². The van der Waals surface area contributed by atoms with Crippen molar-refractivity contribution < 1.29 is 14.7 Å². The van der Waals surface area contributed by atoms with Gasteiger partial charge in [0, 0.05) is 18.0 Å². The van der Waals surface area contributed by atoms with Gasteiger partial charge in [0.05, 0.1) is 5.92 Å². The van der Waals surface area contributed by atoms with Crippen LogP contribution in [0.2, 0.25) is 5.02 Å². The molecule has 1 amide bonds. The molecule has 2 N–H and O–H groups in total. The molecule has 0 heterocycles. The lowest BCUT2D eigenvalue weighted by atomic mass is 9.95. The van der Waals surface area contributed by atoms with Gasteiger partial charge in [-0.15, -0.1) is 0 Å². The molecule has 0 radical (unpaired) electrons. The Kier molecular flexibility index (Phi) is 4.97. The molecule has 1 atom stereocenters. The van der Waals surface area contributed by atoms with Crippen LogP contribution < -0.4 is 5.32 Å². The zero-order valence-corrected chi connectivity index (χ0v) is 10.2. The molecule has 1 aromatic carbocycles. The lowest BCUT2D eigenvalue weighted by Crippen LogP contribution is -2.27. The second-order valence-corrected chi connectivity index (χ2v) is 3.98. The highest BCUT2D eigenvalue weighted by Gasteiger charge is 2.24. The number of aliphatic carboxylic acids is 1. The maximum Gasteiger partial charge on any atom is 0.311 e. The van der Waals surface area contributed by atoms with Crippen LogP contribution in [0.3, 0.4) is 0 Å². The quantitative estimate of drug-likeness (QED) is 0.846. The monoisotopic (exact) mass is 255 g/mol. The first-order chi connectivity index (χ1) is 8.06. The summed E-state index contributed by atoms with van der Waals surface area (Å²) in [5.74, 6) is -2.25. The van der Waals surface area contributed by atoms with Crippen molar-refractivity contribution in [3.05, 3.63) is 34.9 Å². The van der Waals surface area contributed by atoms with E-state index in [4.69, 9.17) is 16.7 Å². The second-order valence-electron chi connectivity index (χ2n) is 3.57. The van der Waals surface area contributed by atoms with Gasteiger partial charge in [0.15, 0.2) is 0 Å². The van der Waals surface area contributed by atoms with Crippen LogP contribution in [0.15, 0.2) is 24.3 Å². The van der Waals surface area contributed by atoms with E-state index in [2.05, 4.69) is 5.32 Å². The number of carbonyl (C=O) groups excluding carboxylic acids is 1. The maximum absolute atomic E-state index is 11.4. The van der Waals surface area contributed by atoms with Crippen LogP contribution in [0.25, 0.3) is 0 Å². The molecule has 1 rings (SSSR count). The molecule has 0 bridgehead atoms. The normalized spacial score (nSPS) is 11.9. The summed E-state index contributed by atoms with van der Waals surface area (Å²) in [5.41, 5.74) is 0.466. The zero-order valence-electron chi connectivity index (χ0n) is 9.44. The SMILES string of the molecule is CCNC(=O)CC(C(=O)O)c1ccccc1Cl. The molecule has 5 heteroatoms. The fourth-order valence-corrected chi connectivity index (χ4v) is 1.81. The first-order valence-corrected chi connectivity index (χ1v) is 5.68. The average Bonchev–Trinajstić information content (AvgIpc) is 2.27.